The largest absolute Gasteiger partial charge is 0.493 e. The van der Waals surface area contributed by atoms with Crippen molar-refractivity contribution in [1.29, 1.82) is 0 Å². The number of allylic oxidation sites excluding steroid dienone is 2. The van der Waals surface area contributed by atoms with Gasteiger partial charge < -0.3 is 23.7 Å². The van der Waals surface area contributed by atoms with Gasteiger partial charge in [0.25, 0.3) is 0 Å². The molecule has 2 fully saturated rings. The standard InChI is InChI=1S/C47H56O5/c1-5-40-26-42(41-22-16-36(4)17-23-41)24-25-47(40)52-33-39(31-50-45-10-6-8-43(27-45)48-29-37-18-12-34(2)13-19-37)32-51-46-11-7-9-44(28-46)49-30-38-20-14-35(3)15-21-38/h6-11,16-17,22-28,37-39H,2-3,5,12-15,18-21,29-33H2,1,4H3. The molecule has 0 spiro atoms. The molecule has 0 radical (unpaired) electrons. The summed E-state index contributed by atoms with van der Waals surface area (Å²) in [6.45, 7) is 15.3. The normalized spacial score (nSPS) is 15.4. The van der Waals surface area contributed by atoms with Crippen LogP contribution in [0.15, 0.2) is 115 Å². The zero-order chi connectivity index (χ0) is 36.1. The number of rotatable bonds is 17. The van der Waals surface area contributed by atoms with Crippen molar-refractivity contribution in [3.63, 3.8) is 0 Å². The van der Waals surface area contributed by atoms with Gasteiger partial charge in [-0.25, -0.2) is 0 Å². The Bertz CT molecular complexity index is 1660. The van der Waals surface area contributed by atoms with Crippen LogP contribution in [0.5, 0.6) is 28.7 Å². The van der Waals surface area contributed by atoms with E-state index in [2.05, 4.69) is 69.5 Å². The van der Waals surface area contributed by atoms with E-state index >= 15 is 0 Å². The van der Waals surface area contributed by atoms with Crippen LogP contribution in [0.2, 0.25) is 0 Å². The maximum Gasteiger partial charge on any atom is 0.123 e. The van der Waals surface area contributed by atoms with Crippen molar-refractivity contribution in [1.82, 2.24) is 0 Å². The number of hydrogen-bond donors (Lipinski definition) is 0. The molecule has 2 aliphatic rings. The molecule has 0 atom stereocenters. The van der Waals surface area contributed by atoms with E-state index in [0.717, 1.165) is 99.7 Å². The highest BCUT2D eigenvalue weighted by Gasteiger charge is 2.19. The van der Waals surface area contributed by atoms with E-state index in [1.807, 2.05) is 48.5 Å². The summed E-state index contributed by atoms with van der Waals surface area (Å²) in [6, 6.07) is 31.1. The Hall–Kier alpha value is -4.64. The SMILES string of the molecule is C=C1CCC(COc2cccc(OCC(COc3cccc(OCC4CCC(=C)CC4)c3)COc3ccc(-c4ccc(C)cc4)cc3CC)c2)CC1. The van der Waals surface area contributed by atoms with E-state index in [0.29, 0.717) is 31.7 Å². The highest BCUT2D eigenvalue weighted by molar-refractivity contribution is 5.66. The first kappa shape index (κ1) is 37.1. The predicted octanol–water partition coefficient (Wildman–Crippen LogP) is 11.6. The minimum atomic E-state index is -0.0405. The lowest BCUT2D eigenvalue weighted by molar-refractivity contribution is 0.125. The molecule has 5 heteroatoms. The Morgan fingerprint density at radius 2 is 1.02 bits per heavy atom. The van der Waals surface area contributed by atoms with Gasteiger partial charge in [-0.2, -0.15) is 0 Å². The van der Waals surface area contributed by atoms with E-state index < -0.39 is 0 Å². The molecule has 0 aliphatic heterocycles. The van der Waals surface area contributed by atoms with Gasteiger partial charge in [-0.1, -0.05) is 79.3 Å². The van der Waals surface area contributed by atoms with Gasteiger partial charge in [0.2, 0.25) is 0 Å². The van der Waals surface area contributed by atoms with Crippen LogP contribution in [0.4, 0.5) is 0 Å². The van der Waals surface area contributed by atoms with Gasteiger partial charge in [0.15, 0.2) is 0 Å². The number of aryl methyl sites for hydroxylation is 2. The van der Waals surface area contributed by atoms with Crippen molar-refractivity contribution in [3.8, 4) is 39.9 Å². The molecule has 0 amide bonds. The molecule has 0 bridgehead atoms. The Kier molecular flexibility index (Phi) is 13.4. The fourth-order valence-corrected chi connectivity index (χ4v) is 6.94. The second kappa shape index (κ2) is 18.7. The third-order valence-corrected chi connectivity index (χ3v) is 10.5. The Balaban J connectivity index is 1.09. The zero-order valence-corrected chi connectivity index (χ0v) is 31.2. The molecule has 4 aromatic carbocycles. The van der Waals surface area contributed by atoms with E-state index in [-0.39, 0.29) is 5.92 Å². The molecule has 6 rings (SSSR count). The summed E-state index contributed by atoms with van der Waals surface area (Å²) in [5.74, 6) is 5.22. The van der Waals surface area contributed by atoms with Crippen LogP contribution in [0, 0.1) is 24.7 Å². The van der Waals surface area contributed by atoms with E-state index in [9.17, 15) is 0 Å². The Labute approximate surface area is 311 Å². The van der Waals surface area contributed by atoms with Gasteiger partial charge in [-0.3, -0.25) is 0 Å². The molecular formula is C47H56O5. The summed E-state index contributed by atoms with van der Waals surface area (Å²) in [5.41, 5.74) is 7.56. The molecule has 0 aromatic heterocycles. The Morgan fingerprint density at radius 3 is 1.52 bits per heavy atom. The van der Waals surface area contributed by atoms with E-state index in [4.69, 9.17) is 23.7 Å². The first-order valence-electron chi connectivity index (χ1n) is 19.3. The van der Waals surface area contributed by atoms with Crippen molar-refractivity contribution in [2.24, 2.45) is 17.8 Å². The van der Waals surface area contributed by atoms with Crippen LogP contribution in [0.1, 0.15) is 69.4 Å². The second-order valence-electron chi connectivity index (χ2n) is 14.8. The molecule has 0 heterocycles. The minimum Gasteiger partial charge on any atom is -0.493 e. The molecule has 0 N–H and O–H groups in total. The molecule has 52 heavy (non-hydrogen) atoms. The molecular weight excluding hydrogens is 645 g/mol. The van der Waals surface area contributed by atoms with E-state index in [1.165, 1.54) is 33.4 Å². The highest BCUT2D eigenvalue weighted by atomic mass is 16.5. The number of benzene rings is 4. The number of hydrogen-bond acceptors (Lipinski definition) is 5. The summed E-state index contributed by atoms with van der Waals surface area (Å²) in [6.07, 6.45) is 9.89. The van der Waals surface area contributed by atoms with Gasteiger partial charge in [0.1, 0.15) is 28.7 Å². The van der Waals surface area contributed by atoms with Gasteiger partial charge in [0.05, 0.1) is 39.0 Å². The summed E-state index contributed by atoms with van der Waals surface area (Å²) in [5, 5.41) is 0. The summed E-state index contributed by atoms with van der Waals surface area (Å²) >= 11 is 0. The summed E-state index contributed by atoms with van der Waals surface area (Å²) in [4.78, 5) is 0. The first-order valence-corrected chi connectivity index (χ1v) is 19.3. The molecule has 2 saturated carbocycles. The zero-order valence-electron chi connectivity index (χ0n) is 31.2. The van der Waals surface area contributed by atoms with Gasteiger partial charge in [-0.05, 0) is 130 Å². The first-order chi connectivity index (χ1) is 25.4. The predicted molar refractivity (Wildman–Crippen MR) is 212 cm³/mol. The van der Waals surface area contributed by atoms with Crippen molar-refractivity contribution in [3.05, 3.63) is 126 Å². The lowest BCUT2D eigenvalue weighted by atomic mass is 9.87. The average molecular weight is 701 g/mol. The third kappa shape index (κ3) is 11.2. The molecule has 0 saturated heterocycles. The average Bonchev–Trinajstić information content (AvgIpc) is 3.18. The number of ether oxygens (including phenoxy) is 5. The van der Waals surface area contributed by atoms with Gasteiger partial charge in [0, 0.05) is 12.1 Å². The fraction of sp³-hybridized carbons (Fsp3) is 0.404. The van der Waals surface area contributed by atoms with Crippen LogP contribution >= 0.6 is 0 Å². The minimum absolute atomic E-state index is 0.0405. The third-order valence-electron chi connectivity index (χ3n) is 10.5. The molecule has 2 aliphatic carbocycles. The van der Waals surface area contributed by atoms with E-state index in [1.54, 1.807) is 0 Å². The van der Waals surface area contributed by atoms with Crippen LogP contribution in [0.3, 0.4) is 0 Å². The molecule has 4 aromatic rings. The Morgan fingerprint density at radius 1 is 0.558 bits per heavy atom. The summed E-state index contributed by atoms with van der Waals surface area (Å²) < 4.78 is 31.7. The maximum absolute atomic E-state index is 6.53. The van der Waals surface area contributed by atoms with Crippen LogP contribution in [-0.4, -0.2) is 33.0 Å². The lowest BCUT2D eigenvalue weighted by Gasteiger charge is -2.23. The van der Waals surface area contributed by atoms with Crippen LogP contribution < -0.4 is 23.7 Å². The highest BCUT2D eigenvalue weighted by Crippen LogP contribution is 2.31. The van der Waals surface area contributed by atoms with Crippen molar-refractivity contribution in [2.75, 3.05) is 33.0 Å². The second-order valence-corrected chi connectivity index (χ2v) is 14.8. The lowest BCUT2D eigenvalue weighted by Crippen LogP contribution is -2.26. The molecule has 5 nitrogen and oxygen atoms in total. The summed E-state index contributed by atoms with van der Waals surface area (Å²) in [7, 11) is 0. The van der Waals surface area contributed by atoms with Crippen LogP contribution in [0.25, 0.3) is 11.1 Å². The van der Waals surface area contributed by atoms with Crippen LogP contribution in [-0.2, 0) is 6.42 Å². The quantitative estimate of drug-likeness (QED) is 0.103. The monoisotopic (exact) mass is 700 g/mol. The van der Waals surface area contributed by atoms with Crippen molar-refractivity contribution < 1.29 is 23.7 Å². The maximum atomic E-state index is 6.53. The topological polar surface area (TPSA) is 46.2 Å². The molecule has 0 unspecified atom stereocenters. The van der Waals surface area contributed by atoms with Crippen molar-refractivity contribution in [2.45, 2.75) is 71.6 Å². The van der Waals surface area contributed by atoms with Gasteiger partial charge in [-0.15, -0.1) is 0 Å². The van der Waals surface area contributed by atoms with Gasteiger partial charge >= 0.3 is 0 Å². The van der Waals surface area contributed by atoms with Crippen molar-refractivity contribution >= 4 is 0 Å². The fourth-order valence-electron chi connectivity index (χ4n) is 6.94. The smallest absolute Gasteiger partial charge is 0.123 e. The molecule has 274 valence electrons.